The van der Waals surface area contributed by atoms with E-state index in [9.17, 15) is 4.79 Å². The molecule has 3 heteroatoms. The lowest BCUT2D eigenvalue weighted by Crippen LogP contribution is -1.98. The topological polar surface area (TPSA) is 39.2 Å². The minimum atomic E-state index is 0.405. The fourth-order valence-electron chi connectivity index (χ4n) is 0.753. The van der Waals surface area contributed by atoms with Gasteiger partial charge in [0.15, 0.2) is 6.29 Å². The number of nitrogens with zero attached hydrogens (tertiary/aromatic N) is 1. The Morgan fingerprint density at radius 3 is 2.92 bits per heavy atom. The molecule has 1 aromatic heterocycles. The fourth-order valence-corrected chi connectivity index (χ4v) is 0.753. The molecule has 0 aliphatic rings. The van der Waals surface area contributed by atoms with Gasteiger partial charge in [-0.05, 0) is 24.6 Å². The van der Waals surface area contributed by atoms with Crippen LogP contribution in [-0.2, 0) is 0 Å². The Morgan fingerprint density at radius 2 is 2.46 bits per heavy atom. The first-order chi connectivity index (χ1) is 6.22. The zero-order chi connectivity index (χ0) is 9.68. The first-order valence-electron chi connectivity index (χ1n) is 3.91. The molecule has 0 spiro atoms. The van der Waals surface area contributed by atoms with Crippen molar-refractivity contribution < 1.29 is 9.53 Å². The number of aromatic nitrogens is 1. The Morgan fingerprint density at radius 1 is 1.69 bits per heavy atom. The quantitative estimate of drug-likeness (QED) is 0.520. The first-order valence-corrected chi connectivity index (χ1v) is 3.91. The van der Waals surface area contributed by atoms with Crippen molar-refractivity contribution in [3.63, 3.8) is 0 Å². The molecule has 0 saturated carbocycles. The number of rotatable bonds is 4. The molecule has 0 radical (unpaired) electrons. The Labute approximate surface area is 77.1 Å². The van der Waals surface area contributed by atoms with Gasteiger partial charge in [0.2, 0.25) is 0 Å². The predicted octanol–water partition coefficient (Wildman–Crippen LogP) is 1.85. The third-order valence-corrected chi connectivity index (χ3v) is 1.37. The van der Waals surface area contributed by atoms with Crippen LogP contribution in [0.1, 0.15) is 17.4 Å². The van der Waals surface area contributed by atoms with Crippen LogP contribution in [0.25, 0.3) is 0 Å². The maximum absolute atomic E-state index is 10.3. The molecule has 0 aliphatic carbocycles. The summed E-state index contributed by atoms with van der Waals surface area (Å²) in [6.07, 6.45) is 2.22. The maximum Gasteiger partial charge on any atom is 0.168 e. The van der Waals surface area contributed by atoms with Gasteiger partial charge in [-0.2, -0.15) is 0 Å². The lowest BCUT2D eigenvalue weighted by Gasteiger charge is -2.04. The summed E-state index contributed by atoms with van der Waals surface area (Å²) in [5, 5.41) is 0. The largest absolute Gasteiger partial charge is 0.488 e. The summed E-state index contributed by atoms with van der Waals surface area (Å²) < 4.78 is 5.29. The minimum Gasteiger partial charge on any atom is -0.488 e. The Balaban J connectivity index is 2.59. The van der Waals surface area contributed by atoms with E-state index < -0.39 is 0 Å². The molecule has 3 nitrogen and oxygen atoms in total. The summed E-state index contributed by atoms with van der Waals surface area (Å²) >= 11 is 0. The molecular formula is C10H11NO2. The number of hydrogen-bond donors (Lipinski definition) is 0. The van der Waals surface area contributed by atoms with Gasteiger partial charge in [0.25, 0.3) is 0 Å². The van der Waals surface area contributed by atoms with Crippen LogP contribution < -0.4 is 4.74 Å². The van der Waals surface area contributed by atoms with Gasteiger partial charge < -0.3 is 4.74 Å². The molecule has 13 heavy (non-hydrogen) atoms. The van der Waals surface area contributed by atoms with Gasteiger partial charge in [0.05, 0.1) is 6.20 Å². The second-order valence-electron chi connectivity index (χ2n) is 2.78. The van der Waals surface area contributed by atoms with Crippen LogP contribution in [0.15, 0.2) is 30.5 Å². The first kappa shape index (κ1) is 9.45. The molecule has 0 fully saturated rings. The van der Waals surface area contributed by atoms with E-state index in [1.165, 1.54) is 6.20 Å². The zero-order valence-electron chi connectivity index (χ0n) is 7.49. The van der Waals surface area contributed by atoms with Crippen molar-refractivity contribution in [2.45, 2.75) is 6.92 Å². The molecule has 1 aromatic rings. The van der Waals surface area contributed by atoms with E-state index in [-0.39, 0.29) is 0 Å². The average molecular weight is 177 g/mol. The Kier molecular flexibility index (Phi) is 3.20. The van der Waals surface area contributed by atoms with E-state index in [2.05, 4.69) is 11.6 Å². The van der Waals surface area contributed by atoms with Crippen molar-refractivity contribution in [1.29, 1.82) is 0 Å². The number of hydrogen-bond acceptors (Lipinski definition) is 3. The van der Waals surface area contributed by atoms with Crippen LogP contribution in [0.5, 0.6) is 5.75 Å². The standard InChI is InChI=1S/C10H11NO2/c1-8(2)7-13-10-4-3-9(6-12)11-5-10/h3-6H,1,7H2,2H3. The SMILES string of the molecule is C=C(C)COc1ccc(C=O)nc1. The van der Waals surface area contributed by atoms with Crippen LogP contribution in [0.4, 0.5) is 0 Å². The Bertz CT molecular complexity index is 303. The molecule has 0 saturated heterocycles. The number of carbonyl (C=O) groups excluding carboxylic acids is 1. The lowest BCUT2D eigenvalue weighted by molar-refractivity contribution is 0.111. The highest BCUT2D eigenvalue weighted by Gasteiger charge is 1.95. The summed E-state index contributed by atoms with van der Waals surface area (Å²) in [5.74, 6) is 0.647. The molecule has 0 atom stereocenters. The van der Waals surface area contributed by atoms with E-state index >= 15 is 0 Å². The minimum absolute atomic E-state index is 0.405. The average Bonchev–Trinajstić information content (AvgIpc) is 2.15. The van der Waals surface area contributed by atoms with E-state index in [0.717, 1.165) is 5.57 Å². The highest BCUT2D eigenvalue weighted by Crippen LogP contribution is 2.08. The monoisotopic (exact) mass is 177 g/mol. The molecule has 0 N–H and O–H groups in total. The molecule has 0 bridgehead atoms. The summed E-state index contributed by atoms with van der Waals surface area (Å²) in [5.41, 5.74) is 1.35. The van der Waals surface area contributed by atoms with E-state index in [1.807, 2.05) is 6.92 Å². The van der Waals surface area contributed by atoms with E-state index in [1.54, 1.807) is 12.1 Å². The molecule has 68 valence electrons. The molecule has 0 unspecified atom stereocenters. The zero-order valence-corrected chi connectivity index (χ0v) is 7.49. The fraction of sp³-hybridized carbons (Fsp3) is 0.200. The van der Waals surface area contributed by atoms with Crippen LogP contribution in [0.2, 0.25) is 0 Å². The van der Waals surface area contributed by atoms with Crippen LogP contribution in [0.3, 0.4) is 0 Å². The summed E-state index contributed by atoms with van der Waals surface area (Å²) in [4.78, 5) is 14.1. The van der Waals surface area contributed by atoms with Crippen molar-refractivity contribution in [3.05, 3.63) is 36.2 Å². The van der Waals surface area contributed by atoms with Crippen molar-refractivity contribution in [1.82, 2.24) is 4.98 Å². The van der Waals surface area contributed by atoms with Crippen molar-refractivity contribution in [2.75, 3.05) is 6.61 Å². The number of aldehydes is 1. The smallest absolute Gasteiger partial charge is 0.168 e. The highest BCUT2D eigenvalue weighted by molar-refractivity contribution is 5.71. The summed E-state index contributed by atoms with van der Waals surface area (Å²) in [6.45, 7) is 6.06. The normalized spacial score (nSPS) is 9.31. The molecular weight excluding hydrogens is 166 g/mol. The van der Waals surface area contributed by atoms with Gasteiger partial charge in [-0.3, -0.25) is 4.79 Å². The third kappa shape index (κ3) is 3.07. The molecule has 1 rings (SSSR count). The van der Waals surface area contributed by atoms with E-state index in [0.29, 0.717) is 24.3 Å². The number of pyridine rings is 1. The molecule has 0 aliphatic heterocycles. The van der Waals surface area contributed by atoms with Gasteiger partial charge in [0, 0.05) is 0 Å². The summed E-state index contributed by atoms with van der Waals surface area (Å²) in [6, 6.07) is 3.32. The number of carbonyl (C=O) groups is 1. The molecule has 0 aromatic carbocycles. The van der Waals surface area contributed by atoms with Crippen LogP contribution in [0, 0.1) is 0 Å². The lowest BCUT2D eigenvalue weighted by atomic mass is 10.3. The maximum atomic E-state index is 10.3. The van der Waals surface area contributed by atoms with Crippen LogP contribution in [-0.4, -0.2) is 17.9 Å². The number of ether oxygens (including phenoxy) is 1. The van der Waals surface area contributed by atoms with Gasteiger partial charge in [-0.25, -0.2) is 4.98 Å². The molecule has 1 heterocycles. The van der Waals surface area contributed by atoms with Crippen LogP contribution >= 0.6 is 0 Å². The second-order valence-corrected chi connectivity index (χ2v) is 2.78. The predicted molar refractivity (Wildman–Crippen MR) is 49.9 cm³/mol. The third-order valence-electron chi connectivity index (χ3n) is 1.37. The summed E-state index contributed by atoms with van der Waals surface area (Å²) in [7, 11) is 0. The van der Waals surface area contributed by atoms with Crippen molar-refractivity contribution in [3.8, 4) is 5.75 Å². The van der Waals surface area contributed by atoms with Gasteiger partial charge in [0.1, 0.15) is 18.1 Å². The molecule has 0 amide bonds. The van der Waals surface area contributed by atoms with Gasteiger partial charge in [-0.1, -0.05) is 6.58 Å². The second kappa shape index (κ2) is 4.40. The van der Waals surface area contributed by atoms with Gasteiger partial charge >= 0.3 is 0 Å². The van der Waals surface area contributed by atoms with Crippen molar-refractivity contribution in [2.24, 2.45) is 0 Å². The van der Waals surface area contributed by atoms with Gasteiger partial charge in [-0.15, -0.1) is 0 Å². The van der Waals surface area contributed by atoms with E-state index in [4.69, 9.17) is 4.74 Å². The highest BCUT2D eigenvalue weighted by atomic mass is 16.5. The van der Waals surface area contributed by atoms with Crippen molar-refractivity contribution >= 4 is 6.29 Å². The Hall–Kier alpha value is -1.64.